The maximum absolute atomic E-state index is 5.49. The Bertz CT molecular complexity index is 4440. The van der Waals surface area contributed by atoms with Gasteiger partial charge in [-0.2, -0.15) is 0 Å². The summed E-state index contributed by atoms with van der Waals surface area (Å²) in [5.74, 6) is 0.691. The van der Waals surface area contributed by atoms with Crippen LogP contribution < -0.4 is 0 Å². The van der Waals surface area contributed by atoms with E-state index in [0.717, 1.165) is 33.5 Å². The smallest absolute Gasteiger partial charge is 0.160 e. The van der Waals surface area contributed by atoms with Crippen LogP contribution in [0.25, 0.3) is 111 Å². The summed E-state index contributed by atoms with van der Waals surface area (Å²) in [5, 5.41) is 7.35. The van der Waals surface area contributed by atoms with Gasteiger partial charge in [0.15, 0.2) is 5.82 Å². The predicted molar refractivity (Wildman–Crippen MR) is 317 cm³/mol. The summed E-state index contributed by atoms with van der Waals surface area (Å²) in [4.78, 5) is 11.0. The van der Waals surface area contributed by atoms with Crippen LogP contribution >= 0.6 is 0 Å². The van der Waals surface area contributed by atoms with E-state index in [1.54, 1.807) is 0 Å². The molecule has 2 aliphatic carbocycles. The van der Waals surface area contributed by atoms with Crippen LogP contribution in [-0.4, -0.2) is 9.97 Å². The second kappa shape index (κ2) is 17.0. The molecule has 15 rings (SSSR count). The molecule has 1 aromatic heterocycles. The molecule has 0 aliphatic heterocycles. The highest BCUT2D eigenvalue weighted by Crippen LogP contribution is 2.58. The molecule has 0 amide bonds. The maximum atomic E-state index is 5.49. The summed E-state index contributed by atoms with van der Waals surface area (Å²) >= 11 is 0. The number of hydrogen-bond donors (Lipinski definition) is 0. The van der Waals surface area contributed by atoms with Crippen molar-refractivity contribution in [1.82, 2.24) is 9.97 Å². The topological polar surface area (TPSA) is 25.8 Å². The quantitative estimate of drug-likeness (QED) is 0.159. The van der Waals surface area contributed by atoms with E-state index in [9.17, 15) is 0 Å². The number of rotatable bonds is 7. The van der Waals surface area contributed by atoms with E-state index >= 15 is 0 Å². The first kappa shape index (κ1) is 44.0. The Kier molecular flexibility index (Phi) is 9.86. The SMILES string of the molecule is CC1(C)c2cc(-c3ccc(-c4ccc(-c5cc(-c6cccc7c6-c6ccccc6C7(c6ccccc6)c6ccccc6)nc(-c6ccccc6)n5)c5ccccc45)c4ccccc34)ccc2-c2cc3ccccc3cc21. The van der Waals surface area contributed by atoms with Gasteiger partial charge in [-0.1, -0.05) is 257 Å². The lowest BCUT2D eigenvalue weighted by molar-refractivity contribution is 0.661. The minimum absolute atomic E-state index is 0.128. The highest BCUT2D eigenvalue weighted by Gasteiger charge is 2.47. The zero-order valence-corrected chi connectivity index (χ0v) is 42.3. The number of nitrogens with zero attached hydrogens (tertiary/aromatic N) is 2. The highest BCUT2D eigenvalue weighted by molar-refractivity contribution is 6.12. The Hall–Kier alpha value is -9.50. The lowest BCUT2D eigenvalue weighted by atomic mass is 9.67. The lowest BCUT2D eigenvalue weighted by Crippen LogP contribution is -2.28. The number of fused-ring (bicyclic) bond motifs is 9. The highest BCUT2D eigenvalue weighted by atomic mass is 14.9. The van der Waals surface area contributed by atoms with Crippen molar-refractivity contribution in [3.63, 3.8) is 0 Å². The molecule has 0 bridgehead atoms. The van der Waals surface area contributed by atoms with E-state index in [1.165, 1.54) is 105 Å². The lowest BCUT2D eigenvalue weighted by Gasteiger charge is -2.33. The molecule has 2 nitrogen and oxygen atoms in total. The summed E-state index contributed by atoms with van der Waals surface area (Å²) in [6, 6.07) is 98.1. The van der Waals surface area contributed by atoms with Crippen LogP contribution in [0.2, 0.25) is 0 Å². The van der Waals surface area contributed by atoms with E-state index in [0.29, 0.717) is 5.82 Å². The summed E-state index contributed by atoms with van der Waals surface area (Å²) in [5.41, 5.74) is 21.9. The zero-order chi connectivity index (χ0) is 50.5. The van der Waals surface area contributed by atoms with Gasteiger partial charge in [-0.25, -0.2) is 9.97 Å². The molecular weight excluding hydrogens is 917 g/mol. The Labute approximate surface area is 443 Å². The van der Waals surface area contributed by atoms with Crippen LogP contribution in [0.1, 0.15) is 47.2 Å². The fourth-order valence-corrected chi connectivity index (χ4v) is 13.3. The molecule has 76 heavy (non-hydrogen) atoms. The Morgan fingerprint density at radius 2 is 0.750 bits per heavy atom. The molecule has 0 saturated heterocycles. The Morgan fingerprint density at radius 1 is 0.276 bits per heavy atom. The molecule has 1 heterocycles. The van der Waals surface area contributed by atoms with Crippen molar-refractivity contribution in [1.29, 1.82) is 0 Å². The molecule has 0 saturated carbocycles. The monoisotopic (exact) mass is 966 g/mol. The van der Waals surface area contributed by atoms with Crippen molar-refractivity contribution >= 4 is 32.3 Å². The van der Waals surface area contributed by atoms with Crippen molar-refractivity contribution in [2.75, 3.05) is 0 Å². The summed E-state index contributed by atoms with van der Waals surface area (Å²) in [6.07, 6.45) is 0. The number of aromatic nitrogens is 2. The minimum atomic E-state index is -0.530. The van der Waals surface area contributed by atoms with Crippen LogP contribution in [0.4, 0.5) is 0 Å². The predicted octanol–water partition coefficient (Wildman–Crippen LogP) is 18.9. The normalized spacial score (nSPS) is 13.6. The first-order valence-electron chi connectivity index (χ1n) is 26.5. The van der Waals surface area contributed by atoms with Gasteiger partial charge in [0.05, 0.1) is 16.8 Å². The third-order valence-corrected chi connectivity index (χ3v) is 16.8. The zero-order valence-electron chi connectivity index (χ0n) is 42.3. The van der Waals surface area contributed by atoms with Gasteiger partial charge in [0.25, 0.3) is 0 Å². The summed E-state index contributed by atoms with van der Waals surface area (Å²) < 4.78 is 0. The van der Waals surface area contributed by atoms with Gasteiger partial charge in [0, 0.05) is 22.1 Å². The molecule has 0 radical (unpaired) electrons. The van der Waals surface area contributed by atoms with Gasteiger partial charge in [-0.05, 0) is 134 Å². The molecular formula is C74H50N2. The second-order valence-electron chi connectivity index (χ2n) is 21.1. The maximum Gasteiger partial charge on any atom is 0.160 e. The minimum Gasteiger partial charge on any atom is -0.228 e. The average molecular weight is 967 g/mol. The van der Waals surface area contributed by atoms with E-state index in [1.807, 2.05) is 0 Å². The first-order valence-corrected chi connectivity index (χ1v) is 26.5. The molecule has 0 atom stereocenters. The van der Waals surface area contributed by atoms with Crippen LogP contribution in [0.15, 0.2) is 267 Å². The molecule has 0 unspecified atom stereocenters. The first-order chi connectivity index (χ1) is 37.4. The number of hydrogen-bond acceptors (Lipinski definition) is 2. The molecule has 0 fully saturated rings. The van der Waals surface area contributed by atoms with Crippen molar-refractivity contribution in [3.05, 3.63) is 300 Å². The third-order valence-electron chi connectivity index (χ3n) is 16.8. The fourth-order valence-electron chi connectivity index (χ4n) is 13.3. The molecule has 2 heteroatoms. The Morgan fingerprint density at radius 3 is 1.42 bits per heavy atom. The van der Waals surface area contributed by atoms with Crippen molar-refractivity contribution < 1.29 is 0 Å². The van der Waals surface area contributed by atoms with Crippen molar-refractivity contribution in [3.8, 4) is 78.4 Å². The summed E-state index contributed by atoms with van der Waals surface area (Å²) in [7, 11) is 0. The Balaban J connectivity index is 0.885. The van der Waals surface area contributed by atoms with E-state index in [-0.39, 0.29) is 5.41 Å². The molecule has 0 spiro atoms. The van der Waals surface area contributed by atoms with Crippen LogP contribution in [0, 0.1) is 0 Å². The molecule has 356 valence electrons. The van der Waals surface area contributed by atoms with Gasteiger partial charge < -0.3 is 0 Å². The van der Waals surface area contributed by atoms with Crippen LogP contribution in [-0.2, 0) is 10.8 Å². The van der Waals surface area contributed by atoms with Gasteiger partial charge in [-0.3, -0.25) is 0 Å². The molecule has 13 aromatic rings. The number of benzene rings is 12. The van der Waals surface area contributed by atoms with Gasteiger partial charge in [0.2, 0.25) is 0 Å². The van der Waals surface area contributed by atoms with E-state index in [2.05, 4.69) is 281 Å². The molecule has 12 aromatic carbocycles. The van der Waals surface area contributed by atoms with Gasteiger partial charge >= 0.3 is 0 Å². The van der Waals surface area contributed by atoms with Crippen molar-refractivity contribution in [2.45, 2.75) is 24.7 Å². The van der Waals surface area contributed by atoms with Gasteiger partial charge in [-0.15, -0.1) is 0 Å². The van der Waals surface area contributed by atoms with Gasteiger partial charge in [0.1, 0.15) is 0 Å². The fraction of sp³-hybridized carbons (Fsp3) is 0.0541. The molecule has 0 N–H and O–H groups in total. The second-order valence-corrected chi connectivity index (χ2v) is 21.1. The third kappa shape index (κ3) is 6.53. The van der Waals surface area contributed by atoms with E-state index < -0.39 is 5.41 Å². The standard InChI is InChI=1S/C74H50N2/c1-73(2)67-45-50(37-38-60(67)64-43-48-23-12-13-24-49(48)44-68(64)73)53-39-40-58(55-30-15-14-29-54(53)55)59-41-42-61(57-32-17-16-31-56(57)59)69-46-70(76-72(75-69)47-21-6-3-7-22-47)63-34-20-36-66-71(63)62-33-18-19-35-65(62)74(66,51-25-8-4-9-26-51)52-27-10-5-11-28-52/h3-46H,1-2H3. The average Bonchev–Trinajstić information content (AvgIpc) is 4.13. The molecule has 2 aliphatic rings. The summed E-state index contributed by atoms with van der Waals surface area (Å²) in [6.45, 7) is 4.76. The van der Waals surface area contributed by atoms with Crippen LogP contribution in [0.5, 0.6) is 0 Å². The largest absolute Gasteiger partial charge is 0.228 e. The van der Waals surface area contributed by atoms with Crippen molar-refractivity contribution in [2.24, 2.45) is 0 Å². The van der Waals surface area contributed by atoms with E-state index in [4.69, 9.17) is 9.97 Å². The van der Waals surface area contributed by atoms with Crippen LogP contribution in [0.3, 0.4) is 0 Å².